The molecule has 29 heavy (non-hydrogen) atoms. The van der Waals surface area contributed by atoms with Crippen molar-refractivity contribution in [1.82, 2.24) is 24.3 Å². The van der Waals surface area contributed by atoms with Gasteiger partial charge in [-0.15, -0.1) is 0 Å². The van der Waals surface area contributed by atoms with Gasteiger partial charge < -0.3 is 5.11 Å². The molecule has 0 bridgehead atoms. The Bertz CT molecular complexity index is 1230. The summed E-state index contributed by atoms with van der Waals surface area (Å²) in [5.74, 6) is -1.04. The maximum Gasteiger partial charge on any atom is 0.309 e. The van der Waals surface area contributed by atoms with Crippen molar-refractivity contribution >= 4 is 26.9 Å². The first-order valence-corrected chi connectivity index (χ1v) is 10.4. The quantitative estimate of drug-likeness (QED) is 0.621. The average Bonchev–Trinajstić information content (AvgIpc) is 3.23. The highest BCUT2D eigenvalue weighted by Gasteiger charge is 2.40. The van der Waals surface area contributed by atoms with Crippen molar-refractivity contribution in [1.29, 1.82) is 0 Å². The third-order valence-electron chi connectivity index (χ3n) is 5.12. The van der Waals surface area contributed by atoms with E-state index in [-0.39, 0.29) is 36.5 Å². The number of carbonyl (C=O) groups is 1. The lowest BCUT2D eigenvalue weighted by atomic mass is 10.1. The summed E-state index contributed by atoms with van der Waals surface area (Å²) >= 11 is 0. The van der Waals surface area contributed by atoms with E-state index in [4.69, 9.17) is 0 Å². The van der Waals surface area contributed by atoms with Gasteiger partial charge in [-0.25, -0.2) is 13.5 Å². The average molecular weight is 417 g/mol. The molecular weight excluding hydrogens is 398 g/mol. The Kier molecular flexibility index (Phi) is 4.71. The van der Waals surface area contributed by atoms with Crippen molar-refractivity contribution in [2.45, 2.75) is 24.4 Å². The maximum absolute atomic E-state index is 12.9. The minimum absolute atomic E-state index is 0.0616. The molecule has 0 unspecified atom stereocenters. The number of para-hydroxylation sites is 1. The Hall–Kier alpha value is -3.05. The SMILES string of the molecule is C[C@@H]1CN(S(=O)(=O)c2ccc(=O)[nH]n2)C[C@@H]1n1nc(CC(=O)O)c2ccccc21. The number of fused-ring (bicyclic) bond motifs is 1. The molecule has 0 spiro atoms. The largest absolute Gasteiger partial charge is 0.481 e. The summed E-state index contributed by atoms with van der Waals surface area (Å²) in [4.78, 5) is 22.4. The molecule has 0 amide bonds. The number of carboxylic acid groups (broad SMARTS) is 1. The third kappa shape index (κ3) is 3.42. The van der Waals surface area contributed by atoms with Crippen molar-refractivity contribution in [3.05, 3.63) is 52.4 Å². The summed E-state index contributed by atoms with van der Waals surface area (Å²) in [6.45, 7) is 2.35. The molecule has 1 fully saturated rings. The van der Waals surface area contributed by atoms with Gasteiger partial charge >= 0.3 is 5.97 Å². The van der Waals surface area contributed by atoms with Crippen LogP contribution in [-0.2, 0) is 21.2 Å². The van der Waals surface area contributed by atoms with Gasteiger partial charge in [-0.3, -0.25) is 14.3 Å². The van der Waals surface area contributed by atoms with Crippen LogP contribution in [-0.4, -0.2) is 56.9 Å². The summed E-state index contributed by atoms with van der Waals surface area (Å²) in [6, 6.07) is 9.35. The van der Waals surface area contributed by atoms with Crippen LogP contribution >= 0.6 is 0 Å². The van der Waals surface area contributed by atoms with Crippen LogP contribution in [0.25, 0.3) is 10.9 Å². The van der Waals surface area contributed by atoms with Gasteiger partial charge in [-0.2, -0.15) is 14.5 Å². The summed E-state index contributed by atoms with van der Waals surface area (Å²) in [5, 5.41) is 20.0. The summed E-state index contributed by atoms with van der Waals surface area (Å²) in [6.07, 6.45) is -0.210. The monoisotopic (exact) mass is 417 g/mol. The molecular formula is C18H19N5O5S. The van der Waals surface area contributed by atoms with Crippen molar-refractivity contribution < 1.29 is 18.3 Å². The van der Waals surface area contributed by atoms with Gasteiger partial charge in [0.25, 0.3) is 15.6 Å². The van der Waals surface area contributed by atoms with E-state index < -0.39 is 21.6 Å². The number of aromatic amines is 1. The van der Waals surface area contributed by atoms with Crippen LogP contribution < -0.4 is 5.56 Å². The van der Waals surface area contributed by atoms with Crippen LogP contribution in [0.1, 0.15) is 18.7 Å². The van der Waals surface area contributed by atoms with Crippen LogP contribution in [0, 0.1) is 5.92 Å². The van der Waals surface area contributed by atoms with Gasteiger partial charge in [0, 0.05) is 24.5 Å². The number of nitrogens with zero attached hydrogens (tertiary/aromatic N) is 4. The second kappa shape index (κ2) is 7.08. The number of sulfonamides is 1. The summed E-state index contributed by atoms with van der Waals surface area (Å²) in [5.41, 5.74) is 0.733. The smallest absolute Gasteiger partial charge is 0.309 e. The van der Waals surface area contributed by atoms with Gasteiger partial charge in [0.15, 0.2) is 5.03 Å². The Balaban J connectivity index is 1.70. The molecule has 0 aliphatic carbocycles. The van der Waals surface area contributed by atoms with Crippen molar-refractivity contribution in [2.24, 2.45) is 5.92 Å². The van der Waals surface area contributed by atoms with E-state index in [0.717, 1.165) is 17.0 Å². The van der Waals surface area contributed by atoms with E-state index >= 15 is 0 Å². The Morgan fingerprint density at radius 2 is 2.00 bits per heavy atom. The number of nitrogens with one attached hydrogen (secondary N) is 1. The fraction of sp³-hybridized carbons (Fsp3) is 0.333. The van der Waals surface area contributed by atoms with Crippen LogP contribution in [0.15, 0.2) is 46.2 Å². The van der Waals surface area contributed by atoms with Gasteiger partial charge in [0.2, 0.25) is 0 Å². The molecule has 0 saturated carbocycles. The number of carboxylic acids is 1. The predicted molar refractivity (Wildman–Crippen MR) is 103 cm³/mol. The Morgan fingerprint density at radius 1 is 1.24 bits per heavy atom. The molecule has 152 valence electrons. The molecule has 10 nitrogen and oxygen atoms in total. The Labute approximate surface area is 165 Å². The number of aromatic nitrogens is 4. The van der Waals surface area contributed by atoms with Crippen LogP contribution in [0.5, 0.6) is 0 Å². The van der Waals surface area contributed by atoms with E-state index in [1.54, 1.807) is 4.68 Å². The first-order valence-electron chi connectivity index (χ1n) is 9.01. The normalized spacial score (nSPS) is 20.3. The fourth-order valence-corrected chi connectivity index (χ4v) is 5.16. The van der Waals surface area contributed by atoms with Crippen molar-refractivity contribution in [3.8, 4) is 0 Å². The highest BCUT2D eigenvalue weighted by Crippen LogP contribution is 2.34. The highest BCUT2D eigenvalue weighted by atomic mass is 32.2. The van der Waals surface area contributed by atoms with Crippen LogP contribution in [0.3, 0.4) is 0 Å². The number of benzene rings is 1. The molecule has 2 N–H and O–H groups in total. The topological polar surface area (TPSA) is 138 Å². The molecule has 2 aromatic heterocycles. The molecule has 1 aliphatic heterocycles. The van der Waals surface area contributed by atoms with E-state index in [9.17, 15) is 23.1 Å². The molecule has 4 rings (SSSR count). The lowest BCUT2D eigenvalue weighted by Crippen LogP contribution is -2.31. The zero-order chi connectivity index (χ0) is 20.8. The van der Waals surface area contributed by atoms with E-state index in [1.165, 1.54) is 10.4 Å². The minimum Gasteiger partial charge on any atom is -0.481 e. The molecule has 0 radical (unpaired) electrons. The minimum atomic E-state index is -3.88. The highest BCUT2D eigenvalue weighted by molar-refractivity contribution is 7.89. The molecule has 3 heterocycles. The molecule has 3 aromatic rings. The lowest BCUT2D eigenvalue weighted by molar-refractivity contribution is -0.136. The number of hydrogen-bond donors (Lipinski definition) is 2. The fourth-order valence-electron chi connectivity index (χ4n) is 3.71. The number of H-pyrrole nitrogens is 1. The molecule has 1 aromatic carbocycles. The first kappa shape index (κ1) is 19.3. The second-order valence-electron chi connectivity index (χ2n) is 7.11. The van der Waals surface area contributed by atoms with Crippen LogP contribution in [0.4, 0.5) is 0 Å². The molecule has 2 atom stereocenters. The molecule has 1 saturated heterocycles. The lowest BCUT2D eigenvalue weighted by Gasteiger charge is -2.17. The van der Waals surface area contributed by atoms with E-state index in [1.807, 2.05) is 31.2 Å². The first-order chi connectivity index (χ1) is 13.8. The zero-order valence-corrected chi connectivity index (χ0v) is 16.3. The maximum atomic E-state index is 12.9. The Morgan fingerprint density at radius 3 is 2.69 bits per heavy atom. The van der Waals surface area contributed by atoms with Crippen molar-refractivity contribution in [3.63, 3.8) is 0 Å². The van der Waals surface area contributed by atoms with Gasteiger partial charge in [0.05, 0.1) is 23.7 Å². The standard InChI is InChI=1S/C18H19N5O5S/c1-11-9-22(29(27,28)17-7-6-16(24)19-20-17)10-15(11)23-14-5-3-2-4-12(14)13(21-23)8-18(25)26/h2-7,11,15H,8-10H2,1H3,(H,19,24)(H,25,26)/t11-,15+/m1/s1. The molecule has 11 heteroatoms. The van der Waals surface area contributed by atoms with Gasteiger partial charge in [-0.1, -0.05) is 25.1 Å². The van der Waals surface area contributed by atoms with Gasteiger partial charge in [0.1, 0.15) is 0 Å². The summed E-state index contributed by atoms with van der Waals surface area (Å²) < 4.78 is 28.9. The summed E-state index contributed by atoms with van der Waals surface area (Å²) in [7, 11) is -3.88. The van der Waals surface area contributed by atoms with Crippen LogP contribution in [0.2, 0.25) is 0 Å². The van der Waals surface area contributed by atoms with E-state index in [2.05, 4.69) is 15.3 Å². The van der Waals surface area contributed by atoms with Gasteiger partial charge in [-0.05, 0) is 18.1 Å². The van der Waals surface area contributed by atoms with E-state index in [0.29, 0.717) is 5.69 Å². The second-order valence-corrected chi connectivity index (χ2v) is 8.99. The third-order valence-corrected chi connectivity index (χ3v) is 6.85. The number of hydrogen-bond acceptors (Lipinski definition) is 6. The zero-order valence-electron chi connectivity index (χ0n) is 15.5. The number of aliphatic carboxylic acids is 1. The van der Waals surface area contributed by atoms with Crippen molar-refractivity contribution in [2.75, 3.05) is 13.1 Å². The predicted octanol–water partition coefficient (Wildman–Crippen LogP) is 0.628. The molecule has 1 aliphatic rings. The number of rotatable bonds is 5.